The van der Waals surface area contributed by atoms with Crippen LogP contribution in [0.1, 0.15) is 15.9 Å². The second kappa shape index (κ2) is 8.00. The number of aromatic nitrogens is 2. The Morgan fingerprint density at radius 2 is 2.00 bits per heavy atom. The van der Waals surface area contributed by atoms with Crippen LogP contribution in [0.15, 0.2) is 67.0 Å². The summed E-state index contributed by atoms with van der Waals surface area (Å²) in [7, 11) is 0. The van der Waals surface area contributed by atoms with Crippen molar-refractivity contribution in [3.8, 4) is 11.3 Å². The van der Waals surface area contributed by atoms with Gasteiger partial charge in [0, 0.05) is 47.0 Å². The van der Waals surface area contributed by atoms with Crippen molar-refractivity contribution >= 4 is 40.1 Å². The number of nitrogens with zero attached hydrogens (tertiary/aromatic N) is 3. The van der Waals surface area contributed by atoms with Gasteiger partial charge in [-0.05, 0) is 73.0 Å². The van der Waals surface area contributed by atoms with Crippen molar-refractivity contribution in [2.75, 3.05) is 21.9 Å². The minimum atomic E-state index is -0.528. The summed E-state index contributed by atoms with van der Waals surface area (Å²) >= 11 is 1.64. The number of rotatable bonds is 4. The lowest BCUT2D eigenvalue weighted by Crippen LogP contribution is -2.29. The van der Waals surface area contributed by atoms with E-state index in [1.807, 2.05) is 47.6 Å². The SMILES string of the molecule is Cc1ccc(NC(=O)c2ccc(N3CCS3)cc2F)cc1-c1ccc2cnccc2n1. The average Bonchev–Trinajstić information content (AvgIpc) is 2.73. The van der Waals surface area contributed by atoms with Crippen molar-refractivity contribution in [2.45, 2.75) is 6.92 Å². The molecule has 3 heterocycles. The van der Waals surface area contributed by atoms with Crippen LogP contribution < -0.4 is 9.62 Å². The average molecular weight is 431 g/mol. The van der Waals surface area contributed by atoms with E-state index in [9.17, 15) is 9.18 Å². The van der Waals surface area contributed by atoms with E-state index in [2.05, 4.69) is 10.3 Å². The Morgan fingerprint density at radius 3 is 2.77 bits per heavy atom. The molecule has 1 saturated heterocycles. The molecule has 5 rings (SSSR count). The van der Waals surface area contributed by atoms with Gasteiger partial charge in [-0.25, -0.2) is 9.37 Å². The van der Waals surface area contributed by atoms with E-state index in [1.165, 1.54) is 12.1 Å². The van der Waals surface area contributed by atoms with E-state index in [4.69, 9.17) is 4.98 Å². The number of benzene rings is 2. The van der Waals surface area contributed by atoms with Gasteiger partial charge in [0.25, 0.3) is 5.91 Å². The van der Waals surface area contributed by atoms with E-state index >= 15 is 0 Å². The number of aryl methyl sites for hydroxylation is 1. The van der Waals surface area contributed by atoms with Crippen molar-refractivity contribution in [3.63, 3.8) is 0 Å². The van der Waals surface area contributed by atoms with Crippen molar-refractivity contribution in [1.29, 1.82) is 0 Å². The highest BCUT2D eigenvalue weighted by atomic mass is 32.2. The fourth-order valence-electron chi connectivity index (χ4n) is 3.52. The molecule has 1 fully saturated rings. The molecule has 0 saturated carbocycles. The van der Waals surface area contributed by atoms with Crippen LogP contribution in [0, 0.1) is 12.7 Å². The summed E-state index contributed by atoms with van der Waals surface area (Å²) in [6.07, 6.45) is 3.49. The third kappa shape index (κ3) is 3.84. The number of fused-ring (bicyclic) bond motifs is 1. The number of hydrogen-bond acceptors (Lipinski definition) is 5. The molecular formula is C24H19FN4OS. The predicted octanol–water partition coefficient (Wildman–Crippen LogP) is 5.46. The van der Waals surface area contributed by atoms with Crippen LogP contribution in [-0.4, -0.2) is 28.2 Å². The van der Waals surface area contributed by atoms with Gasteiger partial charge in [-0.2, -0.15) is 0 Å². The third-order valence-electron chi connectivity index (χ3n) is 5.29. The Balaban J connectivity index is 1.41. The number of anilines is 2. The van der Waals surface area contributed by atoms with Crippen LogP contribution in [0.3, 0.4) is 0 Å². The molecule has 2 aromatic heterocycles. The maximum atomic E-state index is 14.6. The first-order chi connectivity index (χ1) is 15.1. The molecule has 0 bridgehead atoms. The zero-order valence-corrected chi connectivity index (χ0v) is 17.6. The van der Waals surface area contributed by atoms with Gasteiger partial charge in [-0.3, -0.25) is 9.78 Å². The molecule has 1 amide bonds. The zero-order chi connectivity index (χ0) is 21.4. The van der Waals surface area contributed by atoms with Crippen molar-refractivity contribution in [3.05, 3.63) is 83.9 Å². The van der Waals surface area contributed by atoms with Gasteiger partial charge in [-0.1, -0.05) is 6.07 Å². The van der Waals surface area contributed by atoms with Gasteiger partial charge in [0.1, 0.15) is 5.82 Å². The monoisotopic (exact) mass is 430 g/mol. The second-order valence-electron chi connectivity index (χ2n) is 7.35. The molecule has 1 aliphatic rings. The third-order valence-corrected chi connectivity index (χ3v) is 6.36. The summed E-state index contributed by atoms with van der Waals surface area (Å²) in [6.45, 7) is 2.88. The molecule has 1 N–H and O–H groups in total. The lowest BCUT2D eigenvalue weighted by atomic mass is 10.0. The van der Waals surface area contributed by atoms with Crippen molar-refractivity contribution < 1.29 is 9.18 Å². The Labute approximate surface area is 183 Å². The molecule has 0 spiro atoms. The summed E-state index contributed by atoms with van der Waals surface area (Å²) in [4.78, 5) is 21.6. The summed E-state index contributed by atoms with van der Waals surface area (Å²) in [5.41, 5.74) is 4.97. The van der Waals surface area contributed by atoms with Crippen LogP contribution in [0.5, 0.6) is 0 Å². The molecule has 4 aromatic rings. The van der Waals surface area contributed by atoms with Gasteiger partial charge < -0.3 is 9.62 Å². The van der Waals surface area contributed by atoms with Crippen LogP contribution in [0.25, 0.3) is 22.2 Å². The maximum absolute atomic E-state index is 14.6. The molecule has 0 unspecified atom stereocenters. The highest BCUT2D eigenvalue weighted by Gasteiger charge is 2.19. The topological polar surface area (TPSA) is 58.1 Å². The highest BCUT2D eigenvalue weighted by Crippen LogP contribution is 2.31. The van der Waals surface area contributed by atoms with Gasteiger partial charge in [0.2, 0.25) is 0 Å². The van der Waals surface area contributed by atoms with Gasteiger partial charge in [0.05, 0.1) is 16.8 Å². The fraction of sp³-hybridized carbons (Fsp3) is 0.125. The standard InChI is InChI=1S/C24H19FN4OS/c1-15-2-4-17(12-20(15)23-7-3-16-14-26-9-8-22(16)28-23)27-24(30)19-6-5-18(13-21(19)25)29-10-11-31-29/h2-9,12-14H,10-11H2,1H3,(H,27,30). The molecule has 2 aromatic carbocycles. The molecule has 0 atom stereocenters. The maximum Gasteiger partial charge on any atom is 0.258 e. The predicted molar refractivity (Wildman–Crippen MR) is 124 cm³/mol. The number of carbonyl (C=O) groups is 1. The molecule has 0 radical (unpaired) electrons. The number of amides is 1. The van der Waals surface area contributed by atoms with Crippen molar-refractivity contribution in [2.24, 2.45) is 0 Å². The van der Waals surface area contributed by atoms with E-state index in [0.29, 0.717) is 5.69 Å². The first-order valence-electron chi connectivity index (χ1n) is 9.92. The first kappa shape index (κ1) is 19.5. The van der Waals surface area contributed by atoms with E-state index in [0.717, 1.165) is 45.7 Å². The van der Waals surface area contributed by atoms with Crippen LogP contribution >= 0.6 is 11.9 Å². The summed E-state index contributed by atoms with van der Waals surface area (Å²) < 4.78 is 16.6. The molecule has 7 heteroatoms. The normalized spacial score (nSPS) is 13.2. The lowest BCUT2D eigenvalue weighted by molar-refractivity contribution is 0.102. The minimum Gasteiger partial charge on any atom is -0.322 e. The molecule has 0 aliphatic carbocycles. The van der Waals surface area contributed by atoms with E-state index in [-0.39, 0.29) is 5.56 Å². The Hall–Kier alpha value is -3.45. The number of halogens is 1. The second-order valence-corrected chi connectivity index (χ2v) is 8.46. The smallest absolute Gasteiger partial charge is 0.258 e. The molecule has 31 heavy (non-hydrogen) atoms. The molecule has 1 aliphatic heterocycles. The van der Waals surface area contributed by atoms with Crippen LogP contribution in [-0.2, 0) is 0 Å². The van der Waals surface area contributed by atoms with Gasteiger partial charge in [-0.15, -0.1) is 0 Å². The minimum absolute atomic E-state index is 0.0210. The molecular weight excluding hydrogens is 411 g/mol. The van der Waals surface area contributed by atoms with Crippen molar-refractivity contribution in [1.82, 2.24) is 9.97 Å². The van der Waals surface area contributed by atoms with Gasteiger partial charge in [0.15, 0.2) is 0 Å². The number of pyridine rings is 2. The van der Waals surface area contributed by atoms with Crippen LogP contribution in [0.4, 0.5) is 15.8 Å². The highest BCUT2D eigenvalue weighted by molar-refractivity contribution is 8.02. The first-order valence-corrected chi connectivity index (χ1v) is 10.9. The Kier molecular flexibility index (Phi) is 5.03. The quantitative estimate of drug-likeness (QED) is 0.436. The lowest BCUT2D eigenvalue weighted by Gasteiger charge is -2.31. The fourth-order valence-corrected chi connectivity index (χ4v) is 4.15. The van der Waals surface area contributed by atoms with E-state index in [1.54, 1.807) is 30.4 Å². The number of carbonyl (C=O) groups excluding carboxylic acids is 1. The number of nitrogens with one attached hydrogen (secondary N) is 1. The summed E-state index contributed by atoms with van der Waals surface area (Å²) in [5, 5.41) is 3.78. The molecule has 5 nitrogen and oxygen atoms in total. The number of hydrogen-bond donors (Lipinski definition) is 1. The largest absolute Gasteiger partial charge is 0.322 e. The molecule has 154 valence electrons. The zero-order valence-electron chi connectivity index (χ0n) is 16.8. The van der Waals surface area contributed by atoms with Gasteiger partial charge >= 0.3 is 0 Å². The Bertz CT molecular complexity index is 1310. The van der Waals surface area contributed by atoms with Crippen LogP contribution in [0.2, 0.25) is 0 Å². The summed E-state index contributed by atoms with van der Waals surface area (Å²) in [5.74, 6) is 0.0232. The Morgan fingerprint density at radius 1 is 1.13 bits per heavy atom. The van der Waals surface area contributed by atoms with E-state index < -0.39 is 11.7 Å². The summed E-state index contributed by atoms with van der Waals surface area (Å²) in [6, 6.07) is 16.1.